The van der Waals surface area contributed by atoms with E-state index in [2.05, 4.69) is 20.8 Å². The maximum atomic E-state index is 5.64. The van der Waals surface area contributed by atoms with Gasteiger partial charge in [0.15, 0.2) is 5.15 Å². The second kappa shape index (κ2) is 4.57. The first-order valence-corrected chi connectivity index (χ1v) is 5.19. The number of hydrogen-bond acceptors (Lipinski definition) is 4. The number of piperidine rings is 1. The zero-order chi connectivity index (χ0) is 9.80. The zero-order valence-electron chi connectivity index (χ0n) is 7.83. The molecule has 0 spiro atoms. The molecule has 2 rings (SSSR count). The van der Waals surface area contributed by atoms with Crippen molar-refractivity contribution in [2.24, 2.45) is 0 Å². The molecule has 2 heterocycles. The fraction of sp³-hybridized carbons (Fsp3) is 0.556. The Morgan fingerprint density at radius 2 is 2.36 bits per heavy atom. The van der Waals surface area contributed by atoms with Crippen LogP contribution in [0.2, 0.25) is 5.15 Å². The van der Waals surface area contributed by atoms with Crippen molar-refractivity contribution in [3.63, 3.8) is 0 Å². The van der Waals surface area contributed by atoms with Crippen LogP contribution < -0.4 is 10.6 Å². The molecule has 1 unspecified atom stereocenters. The number of rotatable bonds is 2. The largest absolute Gasteiger partial charge is 0.365 e. The zero-order valence-corrected chi connectivity index (χ0v) is 8.59. The van der Waals surface area contributed by atoms with E-state index >= 15 is 0 Å². The van der Waals surface area contributed by atoms with Crippen molar-refractivity contribution in [3.05, 3.63) is 17.3 Å². The number of nitrogens with zero attached hydrogens (tertiary/aromatic N) is 2. The quantitative estimate of drug-likeness (QED) is 0.776. The van der Waals surface area contributed by atoms with E-state index in [1.165, 1.54) is 12.8 Å². The summed E-state index contributed by atoms with van der Waals surface area (Å²) in [6.45, 7) is 2.11. The average Bonchev–Trinajstić information content (AvgIpc) is 2.23. The fourth-order valence-corrected chi connectivity index (χ4v) is 1.68. The molecule has 1 aromatic heterocycles. The van der Waals surface area contributed by atoms with Gasteiger partial charge in [-0.1, -0.05) is 11.6 Å². The summed E-state index contributed by atoms with van der Waals surface area (Å²) in [5.74, 6) is 0.795. The minimum Gasteiger partial charge on any atom is -0.365 e. The van der Waals surface area contributed by atoms with Crippen LogP contribution in [-0.2, 0) is 0 Å². The van der Waals surface area contributed by atoms with Gasteiger partial charge in [-0.25, -0.2) is 0 Å². The Kier molecular flexibility index (Phi) is 3.16. The molecule has 0 aromatic carbocycles. The lowest BCUT2D eigenvalue weighted by Gasteiger charge is -2.23. The van der Waals surface area contributed by atoms with E-state index in [9.17, 15) is 0 Å². The van der Waals surface area contributed by atoms with Crippen LogP contribution in [0.1, 0.15) is 12.8 Å². The van der Waals surface area contributed by atoms with E-state index in [0.29, 0.717) is 11.2 Å². The van der Waals surface area contributed by atoms with Crippen LogP contribution in [-0.4, -0.2) is 29.3 Å². The highest BCUT2D eigenvalue weighted by Gasteiger charge is 2.12. The first-order valence-electron chi connectivity index (χ1n) is 4.81. The van der Waals surface area contributed by atoms with Crippen LogP contribution in [0.15, 0.2) is 12.1 Å². The van der Waals surface area contributed by atoms with Gasteiger partial charge < -0.3 is 10.6 Å². The van der Waals surface area contributed by atoms with E-state index < -0.39 is 0 Å². The maximum Gasteiger partial charge on any atom is 0.151 e. The molecule has 1 aliphatic heterocycles. The van der Waals surface area contributed by atoms with Gasteiger partial charge in [-0.2, -0.15) is 0 Å². The molecule has 0 aliphatic carbocycles. The predicted octanol–water partition coefficient (Wildman–Crippen LogP) is 1.29. The number of halogens is 1. The van der Waals surface area contributed by atoms with Crippen LogP contribution >= 0.6 is 11.6 Å². The van der Waals surface area contributed by atoms with Gasteiger partial charge in [0.05, 0.1) is 0 Å². The molecule has 4 nitrogen and oxygen atoms in total. The third-order valence-corrected chi connectivity index (χ3v) is 2.48. The van der Waals surface area contributed by atoms with E-state index in [0.717, 1.165) is 18.9 Å². The lowest BCUT2D eigenvalue weighted by molar-refractivity contribution is 0.478. The fourth-order valence-electron chi connectivity index (χ4n) is 1.58. The molecular weight excluding hydrogens is 200 g/mol. The monoisotopic (exact) mass is 212 g/mol. The van der Waals surface area contributed by atoms with Crippen LogP contribution in [0, 0.1) is 0 Å². The second-order valence-corrected chi connectivity index (χ2v) is 3.82. The van der Waals surface area contributed by atoms with E-state index in [-0.39, 0.29) is 0 Å². The summed E-state index contributed by atoms with van der Waals surface area (Å²) >= 11 is 5.64. The molecule has 5 heteroatoms. The number of aromatic nitrogens is 2. The van der Waals surface area contributed by atoms with Gasteiger partial charge >= 0.3 is 0 Å². The smallest absolute Gasteiger partial charge is 0.151 e. The highest BCUT2D eigenvalue weighted by atomic mass is 35.5. The summed E-state index contributed by atoms with van der Waals surface area (Å²) in [5, 5.41) is 14.8. The Labute approximate surface area is 88.1 Å². The average molecular weight is 213 g/mol. The van der Waals surface area contributed by atoms with Gasteiger partial charge in [0, 0.05) is 12.6 Å². The molecular formula is C9H13ClN4. The summed E-state index contributed by atoms with van der Waals surface area (Å²) in [5.41, 5.74) is 0. The van der Waals surface area contributed by atoms with Crippen molar-refractivity contribution >= 4 is 17.4 Å². The van der Waals surface area contributed by atoms with Crippen molar-refractivity contribution in [3.8, 4) is 0 Å². The minimum absolute atomic E-state index is 0.428. The second-order valence-electron chi connectivity index (χ2n) is 3.43. The third kappa shape index (κ3) is 2.56. The molecule has 1 aromatic rings. The molecule has 0 radical (unpaired) electrons. The molecule has 0 amide bonds. The Morgan fingerprint density at radius 1 is 1.43 bits per heavy atom. The molecule has 1 fully saturated rings. The molecule has 14 heavy (non-hydrogen) atoms. The number of hydrogen-bond donors (Lipinski definition) is 2. The maximum absolute atomic E-state index is 5.64. The summed E-state index contributed by atoms with van der Waals surface area (Å²) in [6.07, 6.45) is 2.38. The van der Waals surface area contributed by atoms with Gasteiger partial charge in [-0.3, -0.25) is 0 Å². The van der Waals surface area contributed by atoms with E-state index in [1.54, 1.807) is 6.07 Å². The van der Waals surface area contributed by atoms with Crippen LogP contribution in [0.5, 0.6) is 0 Å². The van der Waals surface area contributed by atoms with Crippen LogP contribution in [0.25, 0.3) is 0 Å². The standard InChI is InChI=1S/C9H13ClN4/c10-8-3-4-9(14-13-8)12-7-2-1-5-11-6-7/h3-4,7,11H,1-2,5-6H2,(H,12,14). The van der Waals surface area contributed by atoms with Crippen molar-refractivity contribution in [2.45, 2.75) is 18.9 Å². The third-order valence-electron chi connectivity index (χ3n) is 2.28. The topological polar surface area (TPSA) is 49.8 Å². The van der Waals surface area contributed by atoms with Crippen molar-refractivity contribution in [1.82, 2.24) is 15.5 Å². The molecule has 0 bridgehead atoms. The van der Waals surface area contributed by atoms with E-state index in [4.69, 9.17) is 11.6 Å². The highest BCUT2D eigenvalue weighted by Crippen LogP contribution is 2.10. The Hall–Kier alpha value is -0.870. The first-order chi connectivity index (χ1) is 6.84. The predicted molar refractivity (Wildman–Crippen MR) is 56.6 cm³/mol. The molecule has 1 aliphatic rings. The first kappa shape index (κ1) is 9.68. The molecule has 76 valence electrons. The summed E-state index contributed by atoms with van der Waals surface area (Å²) in [7, 11) is 0. The molecule has 1 saturated heterocycles. The van der Waals surface area contributed by atoms with Gasteiger partial charge in [0.2, 0.25) is 0 Å². The molecule has 1 atom stereocenters. The van der Waals surface area contributed by atoms with Crippen molar-refractivity contribution in [2.75, 3.05) is 18.4 Å². The number of nitrogens with one attached hydrogen (secondary N) is 2. The minimum atomic E-state index is 0.428. The van der Waals surface area contributed by atoms with Crippen molar-refractivity contribution in [1.29, 1.82) is 0 Å². The van der Waals surface area contributed by atoms with Gasteiger partial charge in [0.1, 0.15) is 5.82 Å². The SMILES string of the molecule is Clc1ccc(NC2CCCNC2)nn1. The lowest BCUT2D eigenvalue weighted by atomic mass is 10.1. The summed E-state index contributed by atoms with van der Waals surface area (Å²) < 4.78 is 0. The Bertz CT molecular complexity index is 281. The summed E-state index contributed by atoms with van der Waals surface area (Å²) in [4.78, 5) is 0. The van der Waals surface area contributed by atoms with E-state index in [1.807, 2.05) is 6.07 Å². The van der Waals surface area contributed by atoms with Crippen LogP contribution in [0.3, 0.4) is 0 Å². The highest BCUT2D eigenvalue weighted by molar-refractivity contribution is 6.29. The summed E-state index contributed by atoms with van der Waals surface area (Å²) in [6, 6.07) is 4.05. The molecule has 2 N–H and O–H groups in total. The van der Waals surface area contributed by atoms with Gasteiger partial charge in [-0.05, 0) is 31.5 Å². The molecule has 0 saturated carbocycles. The Balaban J connectivity index is 1.92. The van der Waals surface area contributed by atoms with Crippen molar-refractivity contribution < 1.29 is 0 Å². The van der Waals surface area contributed by atoms with Gasteiger partial charge in [0.25, 0.3) is 0 Å². The Morgan fingerprint density at radius 3 is 3.00 bits per heavy atom. The normalized spacial score (nSPS) is 21.9. The van der Waals surface area contributed by atoms with Crippen LogP contribution in [0.4, 0.5) is 5.82 Å². The number of anilines is 1. The van der Waals surface area contributed by atoms with Gasteiger partial charge in [-0.15, -0.1) is 10.2 Å². The lowest BCUT2D eigenvalue weighted by Crippen LogP contribution is -2.38.